The van der Waals surface area contributed by atoms with Crippen LogP contribution in [-0.2, 0) is 20.9 Å². The van der Waals surface area contributed by atoms with Crippen molar-refractivity contribution in [3.8, 4) is 11.8 Å². The summed E-state index contributed by atoms with van der Waals surface area (Å²) >= 11 is 0. The van der Waals surface area contributed by atoms with Crippen molar-refractivity contribution in [2.24, 2.45) is 5.92 Å². The number of piperidine rings is 3. The number of benzene rings is 3. The van der Waals surface area contributed by atoms with Crippen LogP contribution in [-0.4, -0.2) is 111 Å². The van der Waals surface area contributed by atoms with Crippen LogP contribution in [0.5, 0.6) is 0 Å². The average Bonchev–Trinajstić information content (AvgIpc) is 3.82. The second-order valence-corrected chi connectivity index (χ2v) is 18.2. The number of carbonyl (C=O) groups excluding carboxylic acids is 7. The molecule has 7 heterocycles. The molecule has 3 saturated heterocycles. The van der Waals surface area contributed by atoms with E-state index < -0.39 is 35.7 Å². The third-order valence-corrected chi connectivity index (χ3v) is 13.7. The Balaban J connectivity index is 0.680. The standard InChI is InChI=1S/C53H49N9O7/c63-46-18-17-44(49(65)58-46)62-52(68)40-15-14-39(29-42(40)53(62)69)60-26-19-35(20-27-60)31-59-24-21-38(22-25-59)56-48(64)43-16-12-34(30-55-43)10-9-33-11-13-37-32-61(51(67)41(37)28-33)47(36-6-2-1-3-7-36)50(66)57-45-8-4-5-23-54-45/h1-8,11-16,23,28-30,35,38,44,47H,17-22,24-27,31-32H2,(H,56,64)(H,54,57,66)(H,58,63,65). The van der Waals surface area contributed by atoms with Gasteiger partial charge >= 0.3 is 0 Å². The summed E-state index contributed by atoms with van der Waals surface area (Å²) in [6, 6.07) is 26.8. The fourth-order valence-electron chi connectivity index (χ4n) is 10.0. The van der Waals surface area contributed by atoms with Gasteiger partial charge in [-0.05, 0) is 104 Å². The van der Waals surface area contributed by atoms with Crippen LogP contribution >= 0.6 is 0 Å². The second kappa shape index (κ2) is 19.3. The number of hydrogen-bond donors (Lipinski definition) is 3. The van der Waals surface area contributed by atoms with E-state index in [9.17, 15) is 33.6 Å². The van der Waals surface area contributed by atoms with Crippen LogP contribution < -0.4 is 20.9 Å². The van der Waals surface area contributed by atoms with Gasteiger partial charge in [-0.2, -0.15) is 0 Å². The Morgan fingerprint density at radius 2 is 1.48 bits per heavy atom. The molecule has 2 aromatic heterocycles. The number of nitrogens with one attached hydrogen (secondary N) is 3. The molecule has 5 aliphatic rings. The molecule has 16 nitrogen and oxygen atoms in total. The molecular weight excluding hydrogens is 875 g/mol. The summed E-state index contributed by atoms with van der Waals surface area (Å²) in [4.78, 5) is 107. The number of aromatic nitrogens is 2. The molecule has 0 bridgehead atoms. The first-order valence-corrected chi connectivity index (χ1v) is 23.4. The van der Waals surface area contributed by atoms with E-state index in [1.807, 2.05) is 48.5 Å². The highest BCUT2D eigenvalue weighted by Crippen LogP contribution is 2.35. The molecule has 0 spiro atoms. The Morgan fingerprint density at radius 3 is 2.22 bits per heavy atom. The molecule has 348 valence electrons. The molecule has 3 fully saturated rings. The molecule has 0 saturated carbocycles. The zero-order valence-electron chi connectivity index (χ0n) is 37.7. The largest absolute Gasteiger partial charge is 0.371 e. The van der Waals surface area contributed by atoms with Crippen LogP contribution in [0.2, 0.25) is 0 Å². The highest BCUT2D eigenvalue weighted by atomic mass is 16.2. The minimum atomic E-state index is -0.990. The van der Waals surface area contributed by atoms with Crippen molar-refractivity contribution < 1.29 is 33.6 Å². The summed E-state index contributed by atoms with van der Waals surface area (Å²) < 4.78 is 0. The number of carbonyl (C=O) groups is 7. The van der Waals surface area contributed by atoms with Gasteiger partial charge in [0.2, 0.25) is 11.8 Å². The molecule has 69 heavy (non-hydrogen) atoms. The summed E-state index contributed by atoms with van der Waals surface area (Å²) in [7, 11) is 0. The number of fused-ring (bicyclic) bond motifs is 2. The molecule has 3 aromatic carbocycles. The Bertz CT molecular complexity index is 2920. The molecule has 0 aliphatic carbocycles. The minimum absolute atomic E-state index is 0.0360. The number of nitrogens with zero attached hydrogens (tertiary/aromatic N) is 6. The zero-order valence-corrected chi connectivity index (χ0v) is 37.7. The van der Waals surface area contributed by atoms with Gasteiger partial charge < -0.3 is 25.3 Å². The SMILES string of the molecule is O=C1CCC(N2C(=O)c3ccc(N4CCC(CN5CCC(NC(=O)c6ccc(C#Cc7ccc8c(c7)C(=O)N(C(C(=O)Nc7ccccn7)c7ccccc7)C8)cn6)CC5)CC4)cc3C2=O)C(=O)N1. The summed E-state index contributed by atoms with van der Waals surface area (Å²) in [5, 5.41) is 8.25. The lowest BCUT2D eigenvalue weighted by Gasteiger charge is -2.38. The van der Waals surface area contributed by atoms with Crippen LogP contribution in [0.3, 0.4) is 0 Å². The van der Waals surface area contributed by atoms with Gasteiger partial charge in [-0.1, -0.05) is 54.3 Å². The maximum Gasteiger partial charge on any atom is 0.270 e. The molecule has 7 amide bonds. The van der Waals surface area contributed by atoms with Gasteiger partial charge in [-0.25, -0.2) is 9.97 Å². The fourth-order valence-corrected chi connectivity index (χ4v) is 10.0. The molecule has 5 aliphatic heterocycles. The van der Waals surface area contributed by atoms with Crippen LogP contribution in [0.4, 0.5) is 11.5 Å². The quantitative estimate of drug-likeness (QED) is 0.130. The van der Waals surface area contributed by atoms with E-state index in [1.165, 1.54) is 0 Å². The fraction of sp³-hybridized carbons (Fsp3) is 0.302. The predicted octanol–water partition coefficient (Wildman–Crippen LogP) is 4.72. The van der Waals surface area contributed by atoms with Crippen molar-refractivity contribution in [3.63, 3.8) is 0 Å². The smallest absolute Gasteiger partial charge is 0.270 e. The van der Waals surface area contributed by atoms with Gasteiger partial charge in [0.15, 0.2) is 0 Å². The van der Waals surface area contributed by atoms with Crippen molar-refractivity contribution in [2.45, 2.75) is 63.2 Å². The Morgan fingerprint density at radius 1 is 0.725 bits per heavy atom. The van der Waals surface area contributed by atoms with Gasteiger partial charge in [0.25, 0.3) is 29.5 Å². The molecule has 16 heteroatoms. The van der Waals surface area contributed by atoms with Gasteiger partial charge in [0.1, 0.15) is 23.6 Å². The number of amides is 7. The van der Waals surface area contributed by atoms with Crippen LogP contribution in [0.25, 0.3) is 0 Å². The lowest BCUT2D eigenvalue weighted by Crippen LogP contribution is -2.54. The van der Waals surface area contributed by atoms with Crippen molar-refractivity contribution in [2.75, 3.05) is 42.9 Å². The lowest BCUT2D eigenvalue weighted by atomic mass is 9.94. The third-order valence-electron chi connectivity index (χ3n) is 13.7. The molecular formula is C53H49N9O7. The Labute approximate surface area is 398 Å². The highest BCUT2D eigenvalue weighted by Gasteiger charge is 2.45. The summed E-state index contributed by atoms with van der Waals surface area (Å²) in [5.74, 6) is 4.25. The Hall–Kier alpha value is -8.03. The van der Waals surface area contributed by atoms with E-state index in [1.54, 1.807) is 65.8 Å². The number of rotatable bonds is 10. The van der Waals surface area contributed by atoms with Gasteiger partial charge in [-0.15, -0.1) is 0 Å². The number of anilines is 2. The normalized spacial score (nSPS) is 19.1. The molecule has 5 aromatic rings. The van der Waals surface area contributed by atoms with E-state index in [0.717, 1.165) is 74.6 Å². The summed E-state index contributed by atoms with van der Waals surface area (Å²) in [5.41, 5.74) is 4.97. The van der Waals surface area contributed by atoms with E-state index in [0.29, 0.717) is 45.2 Å². The maximum atomic E-state index is 13.9. The highest BCUT2D eigenvalue weighted by molar-refractivity contribution is 6.23. The van der Waals surface area contributed by atoms with Gasteiger partial charge in [-0.3, -0.25) is 43.8 Å². The second-order valence-electron chi connectivity index (χ2n) is 18.2. The van der Waals surface area contributed by atoms with Crippen molar-refractivity contribution >= 4 is 52.9 Å². The molecule has 3 N–H and O–H groups in total. The maximum absolute atomic E-state index is 13.9. The predicted molar refractivity (Wildman–Crippen MR) is 254 cm³/mol. The number of likely N-dealkylation sites (tertiary alicyclic amines) is 1. The third kappa shape index (κ3) is 9.46. The van der Waals surface area contributed by atoms with Crippen LogP contribution in [0, 0.1) is 17.8 Å². The first-order chi connectivity index (χ1) is 33.6. The zero-order chi connectivity index (χ0) is 47.6. The van der Waals surface area contributed by atoms with Crippen LogP contribution in [0.15, 0.2) is 109 Å². The number of pyridine rings is 2. The average molecular weight is 924 g/mol. The van der Waals surface area contributed by atoms with Crippen molar-refractivity contribution in [1.82, 2.24) is 35.3 Å². The molecule has 10 rings (SSSR count). The lowest BCUT2D eigenvalue weighted by molar-refractivity contribution is -0.136. The van der Waals surface area contributed by atoms with E-state index >= 15 is 0 Å². The first-order valence-electron chi connectivity index (χ1n) is 23.4. The monoisotopic (exact) mass is 923 g/mol. The number of imide groups is 2. The minimum Gasteiger partial charge on any atom is -0.371 e. The van der Waals surface area contributed by atoms with Crippen molar-refractivity contribution in [3.05, 3.63) is 154 Å². The van der Waals surface area contributed by atoms with E-state index in [-0.39, 0.29) is 48.7 Å². The molecule has 2 atom stereocenters. The topological polar surface area (TPSA) is 194 Å². The van der Waals surface area contributed by atoms with Gasteiger partial charge in [0, 0.05) is 86.5 Å². The van der Waals surface area contributed by atoms with Crippen molar-refractivity contribution in [1.29, 1.82) is 0 Å². The Kier molecular flexibility index (Phi) is 12.5. The number of hydrogen-bond acceptors (Lipinski definition) is 11. The molecule has 2 unspecified atom stereocenters. The van der Waals surface area contributed by atoms with E-state index in [4.69, 9.17) is 0 Å². The summed E-state index contributed by atoms with van der Waals surface area (Å²) in [6.45, 7) is 4.61. The molecule has 0 radical (unpaired) electrons. The summed E-state index contributed by atoms with van der Waals surface area (Å²) in [6.07, 6.45) is 6.99. The van der Waals surface area contributed by atoms with E-state index in [2.05, 4.69) is 47.6 Å². The van der Waals surface area contributed by atoms with Crippen LogP contribution in [0.1, 0.15) is 108 Å². The first kappa shape index (κ1) is 44.8. The van der Waals surface area contributed by atoms with Gasteiger partial charge in [0.05, 0.1) is 11.1 Å².